The number of carbonyl (C=O) groups excluding carboxylic acids is 2. The van der Waals surface area contributed by atoms with E-state index in [9.17, 15) is 31.2 Å². The van der Waals surface area contributed by atoms with Crippen LogP contribution in [0.25, 0.3) is 0 Å². The number of rotatable bonds is 6. The molecule has 0 unspecified atom stereocenters. The molecular formula is C21H30F3N5O6S. The summed E-state index contributed by atoms with van der Waals surface area (Å²) in [7, 11) is -1.92. The van der Waals surface area contributed by atoms with Gasteiger partial charge in [-0.3, -0.25) is 14.3 Å². The number of amides is 2. The van der Waals surface area contributed by atoms with E-state index in [1.165, 1.54) is 4.90 Å². The zero-order valence-corrected chi connectivity index (χ0v) is 20.8. The van der Waals surface area contributed by atoms with Gasteiger partial charge in [0.05, 0.1) is 24.2 Å². The molecule has 0 aromatic heterocycles. The van der Waals surface area contributed by atoms with Crippen molar-refractivity contribution in [1.29, 1.82) is 0 Å². The Labute approximate surface area is 207 Å². The molecule has 2 aliphatic rings. The number of likely N-dealkylation sites (N-methyl/N-ethyl adjacent to an activating group) is 1. The summed E-state index contributed by atoms with van der Waals surface area (Å²) in [4.78, 5) is 39.3. The fourth-order valence-electron chi connectivity index (χ4n) is 3.69. The van der Waals surface area contributed by atoms with E-state index in [4.69, 9.17) is 9.90 Å². The quantitative estimate of drug-likeness (QED) is 0.484. The van der Waals surface area contributed by atoms with Crippen LogP contribution in [-0.2, 0) is 19.6 Å². The molecular weight excluding hydrogens is 507 g/mol. The molecule has 3 rings (SSSR count). The largest absolute Gasteiger partial charge is 0.490 e. The number of aliphatic carboxylic acids is 1. The van der Waals surface area contributed by atoms with Crippen LogP contribution in [0, 0.1) is 0 Å². The molecule has 0 atom stereocenters. The molecule has 11 nitrogen and oxygen atoms in total. The molecule has 0 spiro atoms. The first-order valence-electron chi connectivity index (χ1n) is 11.1. The number of hydrogen-bond donors (Lipinski definition) is 3. The van der Waals surface area contributed by atoms with Gasteiger partial charge in [-0.25, -0.2) is 13.2 Å². The molecule has 2 amide bonds. The van der Waals surface area contributed by atoms with Crippen LogP contribution in [-0.4, -0.2) is 106 Å². The van der Waals surface area contributed by atoms with Crippen LogP contribution < -0.4 is 14.9 Å². The number of halogens is 3. The maximum atomic E-state index is 12.9. The fourth-order valence-corrected chi connectivity index (χ4v) is 4.26. The second kappa shape index (κ2) is 12.3. The number of carbonyl (C=O) groups is 3. The second-order valence-corrected chi connectivity index (χ2v) is 10.1. The minimum atomic E-state index is -5.08. The molecule has 1 aromatic carbocycles. The molecule has 2 saturated heterocycles. The average molecular weight is 538 g/mol. The Morgan fingerprint density at radius 2 is 1.67 bits per heavy atom. The highest BCUT2D eigenvalue weighted by Gasteiger charge is 2.38. The number of sulfonamides is 1. The van der Waals surface area contributed by atoms with Gasteiger partial charge in [0.25, 0.3) is 5.91 Å². The predicted molar refractivity (Wildman–Crippen MR) is 126 cm³/mol. The van der Waals surface area contributed by atoms with Crippen molar-refractivity contribution < 1.29 is 41.1 Å². The number of benzene rings is 1. The lowest BCUT2D eigenvalue weighted by Crippen LogP contribution is -2.44. The number of hydrogen-bond acceptors (Lipinski definition) is 7. The molecule has 2 fully saturated rings. The molecule has 36 heavy (non-hydrogen) atoms. The molecule has 2 aliphatic heterocycles. The minimum Gasteiger partial charge on any atom is -0.475 e. The zero-order valence-electron chi connectivity index (χ0n) is 20.0. The highest BCUT2D eigenvalue weighted by molar-refractivity contribution is 7.92. The van der Waals surface area contributed by atoms with Crippen molar-refractivity contribution in [2.24, 2.45) is 0 Å². The van der Waals surface area contributed by atoms with Crippen molar-refractivity contribution in [2.75, 3.05) is 68.7 Å². The van der Waals surface area contributed by atoms with Crippen LogP contribution in [0.2, 0.25) is 0 Å². The number of nitrogens with zero attached hydrogens (tertiary/aromatic N) is 3. The Hall–Kier alpha value is -3.07. The van der Waals surface area contributed by atoms with Gasteiger partial charge in [-0.15, -0.1) is 0 Å². The van der Waals surface area contributed by atoms with Crippen molar-refractivity contribution in [3.8, 4) is 0 Å². The third-order valence-corrected chi connectivity index (χ3v) is 6.01. The standard InChI is InChI=1S/C19H29N5O4S.C2HF3O2/c1-22(14-18(25)24-9-3-4-10-24)19(26)15-5-6-17(23-11-7-20-8-12-23)16(13-15)21-29(2,27)28;3-2(4,5)1(6)7/h5-6,13,20-21H,3-4,7-12,14H2,1-2H3;(H,6,7). The zero-order chi connectivity index (χ0) is 27.1. The number of anilines is 2. The monoisotopic (exact) mass is 537 g/mol. The van der Waals surface area contributed by atoms with Crippen molar-refractivity contribution in [3.05, 3.63) is 23.8 Å². The molecule has 0 saturated carbocycles. The van der Waals surface area contributed by atoms with Gasteiger partial charge >= 0.3 is 12.1 Å². The van der Waals surface area contributed by atoms with Crippen LogP contribution in [0.1, 0.15) is 23.2 Å². The van der Waals surface area contributed by atoms with Crippen molar-refractivity contribution >= 4 is 39.2 Å². The molecule has 0 radical (unpaired) electrons. The summed E-state index contributed by atoms with van der Waals surface area (Å²) in [6, 6.07) is 5.00. The van der Waals surface area contributed by atoms with Gasteiger partial charge in [0.1, 0.15) is 0 Å². The van der Waals surface area contributed by atoms with Crippen molar-refractivity contribution in [3.63, 3.8) is 0 Å². The Bertz CT molecular complexity index is 1050. The SMILES string of the molecule is CN(CC(=O)N1CCCC1)C(=O)c1ccc(N2CCNCC2)c(NS(C)(=O)=O)c1.O=C(O)C(F)(F)F. The van der Waals surface area contributed by atoms with Gasteiger partial charge in [-0.1, -0.05) is 0 Å². The summed E-state index contributed by atoms with van der Waals surface area (Å²) >= 11 is 0. The minimum absolute atomic E-state index is 0.00716. The Kier molecular flexibility index (Phi) is 9.93. The molecule has 15 heteroatoms. The first-order chi connectivity index (χ1) is 16.7. The number of carboxylic acid groups (broad SMARTS) is 1. The molecule has 1 aromatic rings. The average Bonchev–Trinajstić information content (AvgIpc) is 3.33. The van der Waals surface area contributed by atoms with E-state index in [0.717, 1.165) is 64.1 Å². The van der Waals surface area contributed by atoms with Gasteiger partial charge in [-0.2, -0.15) is 13.2 Å². The van der Waals surface area contributed by atoms with Gasteiger partial charge in [0.15, 0.2) is 0 Å². The number of alkyl halides is 3. The molecule has 0 bridgehead atoms. The van der Waals surface area contributed by atoms with Crippen molar-refractivity contribution in [1.82, 2.24) is 15.1 Å². The molecule has 2 heterocycles. The fraction of sp³-hybridized carbons (Fsp3) is 0.571. The number of piperazine rings is 1. The predicted octanol–water partition coefficient (Wildman–Crippen LogP) is 0.795. The summed E-state index contributed by atoms with van der Waals surface area (Å²) in [5, 5.41) is 10.4. The van der Waals surface area contributed by atoms with E-state index in [0.29, 0.717) is 11.3 Å². The van der Waals surface area contributed by atoms with Crippen LogP contribution in [0.3, 0.4) is 0 Å². The van der Waals surface area contributed by atoms with E-state index in [-0.39, 0.29) is 18.4 Å². The summed E-state index contributed by atoms with van der Waals surface area (Å²) in [5.74, 6) is -3.14. The third kappa shape index (κ3) is 8.86. The Morgan fingerprint density at radius 1 is 1.11 bits per heavy atom. The normalized spacial score (nSPS) is 16.1. The Morgan fingerprint density at radius 3 is 2.17 bits per heavy atom. The van der Waals surface area contributed by atoms with Crippen molar-refractivity contribution in [2.45, 2.75) is 19.0 Å². The van der Waals surface area contributed by atoms with E-state index >= 15 is 0 Å². The third-order valence-electron chi connectivity index (χ3n) is 5.42. The van der Waals surface area contributed by atoms with Gasteiger partial charge < -0.3 is 25.1 Å². The van der Waals surface area contributed by atoms with Crippen LogP contribution >= 0.6 is 0 Å². The molecule has 3 N–H and O–H groups in total. The van der Waals surface area contributed by atoms with Crippen LogP contribution in [0.4, 0.5) is 24.5 Å². The van der Waals surface area contributed by atoms with E-state index in [2.05, 4.69) is 14.9 Å². The van der Waals surface area contributed by atoms with Crippen LogP contribution in [0.15, 0.2) is 18.2 Å². The number of nitrogens with one attached hydrogen (secondary N) is 2. The lowest BCUT2D eigenvalue weighted by atomic mass is 10.1. The van der Waals surface area contributed by atoms with E-state index in [1.807, 2.05) is 0 Å². The smallest absolute Gasteiger partial charge is 0.475 e. The Balaban J connectivity index is 0.000000572. The maximum Gasteiger partial charge on any atom is 0.490 e. The summed E-state index contributed by atoms with van der Waals surface area (Å²) in [6.07, 6.45) is -2.00. The number of carboxylic acids is 1. The van der Waals surface area contributed by atoms with Gasteiger partial charge in [0, 0.05) is 51.9 Å². The first-order valence-corrected chi connectivity index (χ1v) is 13.0. The highest BCUT2D eigenvalue weighted by atomic mass is 32.2. The van der Waals surface area contributed by atoms with Gasteiger partial charge in [-0.05, 0) is 31.0 Å². The maximum absolute atomic E-state index is 12.9. The highest BCUT2D eigenvalue weighted by Crippen LogP contribution is 2.29. The molecule has 0 aliphatic carbocycles. The van der Waals surface area contributed by atoms with E-state index < -0.39 is 22.2 Å². The lowest BCUT2D eigenvalue weighted by molar-refractivity contribution is -0.192. The summed E-state index contributed by atoms with van der Waals surface area (Å²) in [6.45, 7) is 4.59. The first kappa shape index (κ1) is 29.2. The second-order valence-electron chi connectivity index (χ2n) is 8.40. The summed E-state index contributed by atoms with van der Waals surface area (Å²) < 4.78 is 58.0. The summed E-state index contributed by atoms with van der Waals surface area (Å²) in [5.41, 5.74) is 1.45. The van der Waals surface area contributed by atoms with Crippen LogP contribution in [0.5, 0.6) is 0 Å². The number of likely N-dealkylation sites (tertiary alicyclic amines) is 1. The molecule has 202 valence electrons. The van der Waals surface area contributed by atoms with E-state index in [1.54, 1.807) is 30.1 Å². The topological polar surface area (TPSA) is 139 Å². The lowest BCUT2D eigenvalue weighted by Gasteiger charge is -2.31. The van der Waals surface area contributed by atoms with Gasteiger partial charge in [0.2, 0.25) is 15.9 Å².